The monoisotopic (exact) mass is 486 g/mol. The van der Waals surface area contributed by atoms with Crippen molar-refractivity contribution in [2.75, 3.05) is 46.6 Å². The molecular formula is C27H38N2O6. The maximum atomic E-state index is 11.4. The molecule has 1 unspecified atom stereocenters. The molecule has 8 heteroatoms. The molecule has 3 atom stereocenters. The Hall–Kier alpha value is -2.36. The first-order valence-electron chi connectivity index (χ1n) is 12.4. The van der Waals surface area contributed by atoms with Crippen molar-refractivity contribution >= 4 is 0 Å². The van der Waals surface area contributed by atoms with Crippen LogP contribution >= 0.6 is 0 Å². The smallest absolute Gasteiger partial charge is 0.161 e. The number of morpholine rings is 1. The van der Waals surface area contributed by atoms with Crippen LogP contribution in [-0.4, -0.2) is 85.0 Å². The molecule has 0 amide bonds. The van der Waals surface area contributed by atoms with Crippen molar-refractivity contribution in [3.63, 3.8) is 0 Å². The largest absolute Gasteiger partial charge is 0.496 e. The summed E-state index contributed by atoms with van der Waals surface area (Å²) in [5.41, 5.74) is 2.13. The summed E-state index contributed by atoms with van der Waals surface area (Å²) in [5, 5.41) is 21.2. The van der Waals surface area contributed by atoms with E-state index in [2.05, 4.69) is 29.7 Å². The summed E-state index contributed by atoms with van der Waals surface area (Å²) in [6.45, 7) is 8.72. The van der Waals surface area contributed by atoms with Gasteiger partial charge in [0.25, 0.3) is 0 Å². The van der Waals surface area contributed by atoms with Gasteiger partial charge in [-0.3, -0.25) is 9.80 Å². The highest BCUT2D eigenvalue weighted by molar-refractivity contribution is 5.43. The summed E-state index contributed by atoms with van der Waals surface area (Å²) in [6, 6.07) is 13.8. The summed E-state index contributed by atoms with van der Waals surface area (Å²) in [7, 11) is 1.69. The van der Waals surface area contributed by atoms with Crippen molar-refractivity contribution < 1.29 is 29.2 Å². The van der Waals surface area contributed by atoms with Gasteiger partial charge in [0.05, 0.1) is 13.7 Å². The Morgan fingerprint density at radius 2 is 1.89 bits per heavy atom. The Balaban J connectivity index is 1.44. The number of para-hydroxylation sites is 1. The first-order chi connectivity index (χ1) is 16.9. The minimum absolute atomic E-state index is 0.201. The Labute approximate surface area is 208 Å². The standard InChI is InChI=1S/C27H38N2O6/c1-19(2)13-29(14-20-8-9-24-25(12-20)35-18-22(30)17-34-24)27(31)26-16-28(10-11-33-26)15-21-6-4-5-7-23(21)32-3/h4-9,12,19,22,26-27,30-31H,10-11,13-18H2,1-3H3/t22-,26?,27-/m0/s1. The second-order valence-corrected chi connectivity index (χ2v) is 9.75. The molecule has 0 saturated carbocycles. The van der Waals surface area contributed by atoms with Gasteiger partial charge in [0.15, 0.2) is 11.5 Å². The van der Waals surface area contributed by atoms with E-state index in [1.807, 2.05) is 36.4 Å². The fraction of sp³-hybridized carbons (Fsp3) is 0.556. The molecule has 1 fully saturated rings. The van der Waals surface area contributed by atoms with Gasteiger partial charge in [-0.2, -0.15) is 0 Å². The van der Waals surface area contributed by atoms with Crippen molar-refractivity contribution in [2.45, 2.75) is 45.4 Å². The van der Waals surface area contributed by atoms with E-state index in [1.165, 1.54) is 0 Å². The van der Waals surface area contributed by atoms with E-state index in [1.54, 1.807) is 7.11 Å². The van der Waals surface area contributed by atoms with Crippen molar-refractivity contribution in [3.05, 3.63) is 53.6 Å². The lowest BCUT2D eigenvalue weighted by atomic mass is 10.1. The molecule has 4 rings (SSSR count). The van der Waals surface area contributed by atoms with Crippen LogP contribution in [0, 0.1) is 5.92 Å². The van der Waals surface area contributed by atoms with E-state index in [4.69, 9.17) is 18.9 Å². The molecule has 2 N–H and O–H groups in total. The van der Waals surface area contributed by atoms with Crippen molar-refractivity contribution in [2.24, 2.45) is 5.92 Å². The van der Waals surface area contributed by atoms with Gasteiger partial charge in [0, 0.05) is 38.3 Å². The van der Waals surface area contributed by atoms with Crippen LogP contribution in [0.5, 0.6) is 17.2 Å². The molecule has 0 spiro atoms. The second-order valence-electron chi connectivity index (χ2n) is 9.75. The van der Waals surface area contributed by atoms with Gasteiger partial charge in [-0.15, -0.1) is 0 Å². The Morgan fingerprint density at radius 3 is 2.66 bits per heavy atom. The average molecular weight is 487 g/mol. The van der Waals surface area contributed by atoms with Crippen LogP contribution in [0.25, 0.3) is 0 Å². The van der Waals surface area contributed by atoms with Gasteiger partial charge in [-0.1, -0.05) is 38.1 Å². The zero-order valence-electron chi connectivity index (χ0n) is 20.9. The van der Waals surface area contributed by atoms with Crippen LogP contribution < -0.4 is 14.2 Å². The third-order valence-corrected chi connectivity index (χ3v) is 6.33. The van der Waals surface area contributed by atoms with Crippen LogP contribution in [0.4, 0.5) is 0 Å². The summed E-state index contributed by atoms with van der Waals surface area (Å²) in [6.07, 6.45) is -1.73. The number of ether oxygens (including phenoxy) is 4. The zero-order chi connectivity index (χ0) is 24.8. The Bertz CT molecular complexity index is 955. The third-order valence-electron chi connectivity index (χ3n) is 6.33. The molecule has 35 heavy (non-hydrogen) atoms. The average Bonchev–Trinajstić information content (AvgIpc) is 3.04. The predicted molar refractivity (Wildman–Crippen MR) is 133 cm³/mol. The minimum Gasteiger partial charge on any atom is -0.496 e. The molecule has 0 radical (unpaired) electrons. The predicted octanol–water partition coefficient (Wildman–Crippen LogP) is 2.50. The van der Waals surface area contributed by atoms with E-state index in [9.17, 15) is 10.2 Å². The number of benzene rings is 2. The fourth-order valence-electron chi connectivity index (χ4n) is 4.64. The fourth-order valence-corrected chi connectivity index (χ4v) is 4.64. The minimum atomic E-state index is -0.754. The van der Waals surface area contributed by atoms with Crippen molar-refractivity contribution in [1.29, 1.82) is 0 Å². The normalized spacial score (nSPS) is 21.7. The molecule has 0 aliphatic carbocycles. The summed E-state index contributed by atoms with van der Waals surface area (Å²) in [4.78, 5) is 4.37. The summed E-state index contributed by atoms with van der Waals surface area (Å²) in [5.74, 6) is 2.49. The van der Waals surface area contributed by atoms with Crippen LogP contribution in [0.15, 0.2) is 42.5 Å². The molecule has 2 aliphatic rings. The van der Waals surface area contributed by atoms with Gasteiger partial charge in [0.2, 0.25) is 0 Å². The van der Waals surface area contributed by atoms with Crippen LogP contribution in [0.1, 0.15) is 25.0 Å². The van der Waals surface area contributed by atoms with Crippen LogP contribution in [-0.2, 0) is 17.8 Å². The molecule has 2 aromatic rings. The first kappa shape index (κ1) is 25.7. The third kappa shape index (κ3) is 6.86. The van der Waals surface area contributed by atoms with E-state index >= 15 is 0 Å². The Morgan fingerprint density at radius 1 is 1.11 bits per heavy atom. The maximum Gasteiger partial charge on any atom is 0.161 e. The number of aliphatic hydroxyl groups is 2. The number of hydrogen-bond donors (Lipinski definition) is 2. The lowest BCUT2D eigenvalue weighted by Crippen LogP contribution is -2.53. The van der Waals surface area contributed by atoms with E-state index in [0.29, 0.717) is 37.1 Å². The summed E-state index contributed by atoms with van der Waals surface area (Å²) < 4.78 is 22.9. The van der Waals surface area contributed by atoms with Crippen LogP contribution in [0.2, 0.25) is 0 Å². The molecule has 0 bridgehead atoms. The molecule has 192 valence electrons. The molecule has 2 aliphatic heterocycles. The first-order valence-corrected chi connectivity index (χ1v) is 12.4. The van der Waals surface area contributed by atoms with E-state index < -0.39 is 12.3 Å². The van der Waals surface area contributed by atoms with Gasteiger partial charge in [-0.05, 0) is 29.7 Å². The van der Waals surface area contributed by atoms with Gasteiger partial charge in [-0.25, -0.2) is 0 Å². The van der Waals surface area contributed by atoms with Crippen molar-refractivity contribution in [3.8, 4) is 17.2 Å². The Kier molecular flexibility index (Phi) is 8.86. The molecular weight excluding hydrogens is 448 g/mol. The molecule has 2 aromatic carbocycles. The highest BCUT2D eigenvalue weighted by atomic mass is 16.5. The van der Waals surface area contributed by atoms with Gasteiger partial charge in [0.1, 0.15) is 37.4 Å². The second kappa shape index (κ2) is 12.1. The number of methoxy groups -OCH3 is 1. The topological polar surface area (TPSA) is 83.9 Å². The quantitative estimate of drug-likeness (QED) is 0.523. The molecule has 8 nitrogen and oxygen atoms in total. The number of rotatable bonds is 9. The number of aliphatic hydroxyl groups excluding tert-OH is 2. The number of nitrogens with zero attached hydrogens (tertiary/aromatic N) is 2. The molecule has 2 heterocycles. The van der Waals surface area contributed by atoms with Crippen LogP contribution in [0.3, 0.4) is 0 Å². The van der Waals surface area contributed by atoms with E-state index in [-0.39, 0.29) is 19.3 Å². The lowest BCUT2D eigenvalue weighted by Gasteiger charge is -2.40. The number of hydrogen-bond acceptors (Lipinski definition) is 8. The van der Waals surface area contributed by atoms with E-state index in [0.717, 1.165) is 36.5 Å². The SMILES string of the molecule is COc1ccccc1CN1CCOC([C@H](O)N(Cc2ccc3c(c2)OC[C@@H](O)CO3)CC(C)C)C1. The highest BCUT2D eigenvalue weighted by Gasteiger charge is 2.32. The molecule has 0 aromatic heterocycles. The van der Waals surface area contributed by atoms with Gasteiger partial charge >= 0.3 is 0 Å². The number of fused-ring (bicyclic) bond motifs is 1. The zero-order valence-corrected chi connectivity index (χ0v) is 20.9. The van der Waals surface area contributed by atoms with Gasteiger partial charge < -0.3 is 29.2 Å². The summed E-state index contributed by atoms with van der Waals surface area (Å²) >= 11 is 0. The molecule has 1 saturated heterocycles. The highest BCUT2D eigenvalue weighted by Crippen LogP contribution is 2.31. The van der Waals surface area contributed by atoms with Crippen molar-refractivity contribution in [1.82, 2.24) is 9.80 Å². The lowest BCUT2D eigenvalue weighted by molar-refractivity contribution is -0.148. The maximum absolute atomic E-state index is 11.4.